The van der Waals surface area contributed by atoms with E-state index in [1.54, 1.807) is 73.6 Å². The van der Waals surface area contributed by atoms with E-state index in [1.165, 1.54) is 91.4 Å². The summed E-state index contributed by atoms with van der Waals surface area (Å²) >= 11 is 0. The van der Waals surface area contributed by atoms with Crippen molar-refractivity contribution >= 4 is 34.8 Å². The number of aromatic nitrogens is 9. The van der Waals surface area contributed by atoms with Gasteiger partial charge in [0, 0.05) is 47.4 Å². The molecule has 3 aliphatic carbocycles. The first-order valence-corrected chi connectivity index (χ1v) is 31.6. The Morgan fingerprint density at radius 2 is 0.737 bits per heavy atom. The third-order valence-corrected chi connectivity index (χ3v) is 17.3. The smallest absolute Gasteiger partial charge is 0.291 e. The number of benzene rings is 3. The van der Waals surface area contributed by atoms with Crippen molar-refractivity contribution in [3.63, 3.8) is 0 Å². The number of amides is 3. The summed E-state index contributed by atoms with van der Waals surface area (Å²) in [6.45, 7) is 0. The lowest BCUT2D eigenvalue weighted by atomic mass is 10.1. The number of imidazole rings is 3. The molecule has 0 radical (unpaired) electrons. The highest BCUT2D eigenvalue weighted by atomic mass is 19.1. The number of furan rings is 3. The Labute approximate surface area is 559 Å². The van der Waals surface area contributed by atoms with Gasteiger partial charge in [0.25, 0.3) is 17.7 Å². The van der Waals surface area contributed by atoms with Crippen LogP contribution in [0, 0.1) is 34.9 Å². The molecule has 3 aliphatic rings. The lowest BCUT2D eigenvalue weighted by molar-refractivity contribution is 0.0989. The van der Waals surface area contributed by atoms with Crippen molar-refractivity contribution < 1.29 is 69.3 Å². The highest BCUT2D eigenvalue weighted by Crippen LogP contribution is 2.43. The van der Waals surface area contributed by atoms with Crippen molar-refractivity contribution in [2.45, 2.75) is 94.2 Å². The van der Waals surface area contributed by atoms with Crippen LogP contribution in [0.4, 0.5) is 43.4 Å². The maximum absolute atomic E-state index is 13.9. The molecule has 27 heteroatoms. The number of halogens is 6. The average Bonchev–Trinajstić information content (AvgIpc) is 1.64. The number of nitrogens with zero attached hydrogens (tertiary/aromatic N) is 9. The fourth-order valence-corrected chi connectivity index (χ4v) is 12.4. The van der Waals surface area contributed by atoms with Crippen LogP contribution < -0.4 is 16.0 Å². The maximum atomic E-state index is 13.9. The molecule has 0 saturated heterocycles. The van der Waals surface area contributed by atoms with Crippen LogP contribution in [0.3, 0.4) is 0 Å². The highest BCUT2D eigenvalue weighted by Gasteiger charge is 2.34. The number of anilines is 3. The molecular weight excluding hydrogens is 1290 g/mol. The van der Waals surface area contributed by atoms with Gasteiger partial charge in [-0.2, -0.15) is 0 Å². The maximum Gasteiger partial charge on any atom is 0.291 e. The van der Waals surface area contributed by atoms with Crippen LogP contribution in [-0.2, 0) is 0 Å². The first-order chi connectivity index (χ1) is 48.0. The summed E-state index contributed by atoms with van der Waals surface area (Å²) < 4.78 is 105. The van der Waals surface area contributed by atoms with Crippen LogP contribution in [0.5, 0.6) is 0 Å². The number of pyridine rings is 3. The number of aliphatic hydroxyl groups excluding tert-OH is 3. The van der Waals surface area contributed by atoms with E-state index in [0.717, 1.165) is 44.3 Å². The molecule has 99 heavy (non-hydrogen) atoms. The van der Waals surface area contributed by atoms with Crippen LogP contribution in [0.1, 0.15) is 108 Å². The molecule has 9 aromatic heterocycles. The molecule has 0 bridgehead atoms. The van der Waals surface area contributed by atoms with Crippen LogP contribution in [-0.4, -0.2) is 95.0 Å². The molecule has 3 amide bonds. The Kier molecular flexibility index (Phi) is 19.4. The van der Waals surface area contributed by atoms with Crippen molar-refractivity contribution in [2.75, 3.05) is 16.0 Å². The van der Waals surface area contributed by atoms with Crippen molar-refractivity contribution in [2.24, 2.45) is 0 Å². The minimum atomic E-state index is -0.662. The lowest BCUT2D eigenvalue weighted by Crippen LogP contribution is -2.18. The van der Waals surface area contributed by atoms with E-state index in [1.807, 2.05) is 13.7 Å². The van der Waals surface area contributed by atoms with Gasteiger partial charge in [-0.15, -0.1) is 0 Å². The zero-order valence-corrected chi connectivity index (χ0v) is 52.2. The molecule has 12 aromatic rings. The normalized spacial score (nSPS) is 17.9. The van der Waals surface area contributed by atoms with Crippen LogP contribution in [0.15, 0.2) is 197 Å². The fraction of sp³-hybridized carbons (Fsp3) is 0.208. The predicted octanol–water partition coefficient (Wildman–Crippen LogP) is 14.5. The van der Waals surface area contributed by atoms with Gasteiger partial charge in [-0.3, -0.25) is 29.3 Å². The van der Waals surface area contributed by atoms with Gasteiger partial charge in [-0.25, -0.2) is 41.3 Å². The van der Waals surface area contributed by atoms with Gasteiger partial charge < -0.3 is 58.2 Å². The summed E-state index contributed by atoms with van der Waals surface area (Å²) in [5.74, 6) is -3.84. The second kappa shape index (κ2) is 29.0. The molecule has 0 unspecified atom stereocenters. The number of hydrogen-bond acceptors (Lipinski definition) is 15. The molecule has 21 nitrogen and oxygen atoms in total. The van der Waals surface area contributed by atoms with E-state index >= 15 is 0 Å². The van der Waals surface area contributed by atoms with Gasteiger partial charge in [0.1, 0.15) is 34.5 Å². The summed E-state index contributed by atoms with van der Waals surface area (Å²) in [6, 6.07) is 31.0. The molecule has 3 fully saturated rings. The second-order valence-electron chi connectivity index (χ2n) is 23.8. The number of carbonyl (C=O) groups excluding carboxylic acids is 3. The largest absolute Gasteiger partial charge is 0.449 e. The van der Waals surface area contributed by atoms with Crippen LogP contribution in [0.2, 0.25) is 0 Å². The molecule has 3 aromatic carbocycles. The summed E-state index contributed by atoms with van der Waals surface area (Å²) in [4.78, 5) is 62.5. The second-order valence-corrected chi connectivity index (χ2v) is 23.8. The number of nitrogens with one attached hydrogen (secondary N) is 3. The quantitative estimate of drug-likeness (QED) is 0.0521. The first kappa shape index (κ1) is 66.1. The van der Waals surface area contributed by atoms with Crippen molar-refractivity contribution in [1.82, 2.24) is 43.6 Å². The Balaban J connectivity index is 0.000000133. The number of aliphatic hydroxyl groups is 3. The molecule has 0 spiro atoms. The standard InChI is InChI=1S/3C24H20F2N4O3/c2*25-15-3-1-14(2-4-15)22-23(30(13-28-22)16-5-6-17(31)11-16)20-7-8-21(33-20)24(32)29-19-9-10-27-12-18(19)26;25-15-6-4-14(5-7-15)22-23(30(13-28-22)18-2-1-3-19(18)31)20-8-9-21(33-20)24(32)29-17-10-11-27-12-16(17)26/h2*1-4,7-10,12-13,16-17,31H,5-6,11H2,(H,27,29,32);4-13,18-19,31H,1-3H2,(H,27,29,32)/t2*16-,17+;18-,19-/m100/s1. The first-order valence-electron chi connectivity index (χ1n) is 31.6. The molecule has 6 N–H and O–H groups in total. The van der Waals surface area contributed by atoms with Gasteiger partial charge >= 0.3 is 0 Å². The van der Waals surface area contributed by atoms with Crippen molar-refractivity contribution in [1.29, 1.82) is 0 Å². The van der Waals surface area contributed by atoms with Gasteiger partial charge in [0.05, 0.1) is 96.1 Å². The third-order valence-electron chi connectivity index (χ3n) is 17.3. The minimum absolute atomic E-state index is 0.00462. The Hall–Kier alpha value is -11.6. The molecule has 9 heterocycles. The number of rotatable bonds is 15. The zero-order valence-electron chi connectivity index (χ0n) is 52.2. The molecule has 504 valence electrons. The zero-order chi connectivity index (χ0) is 68.8. The van der Waals surface area contributed by atoms with Gasteiger partial charge in [0.2, 0.25) is 0 Å². The van der Waals surface area contributed by atoms with Gasteiger partial charge in [-0.05, 0) is 185 Å². The summed E-state index contributed by atoms with van der Waals surface area (Å²) in [5.41, 5.74) is 5.49. The molecule has 0 aliphatic heterocycles. The van der Waals surface area contributed by atoms with Crippen molar-refractivity contribution in [3.05, 3.63) is 236 Å². The topological polar surface area (TPSA) is 280 Å². The fourth-order valence-electron chi connectivity index (χ4n) is 12.4. The van der Waals surface area contributed by atoms with Crippen molar-refractivity contribution in [3.8, 4) is 68.1 Å². The van der Waals surface area contributed by atoms with E-state index in [2.05, 4.69) is 45.9 Å². The van der Waals surface area contributed by atoms with Crippen LogP contribution in [0.25, 0.3) is 68.1 Å². The summed E-state index contributed by atoms with van der Waals surface area (Å²) in [6.07, 6.45) is 17.1. The van der Waals surface area contributed by atoms with E-state index in [9.17, 15) is 56.0 Å². The lowest BCUT2D eigenvalue weighted by Gasteiger charge is -2.19. The van der Waals surface area contributed by atoms with Gasteiger partial charge in [0.15, 0.2) is 52.0 Å². The molecule has 6 atom stereocenters. The summed E-state index contributed by atoms with van der Waals surface area (Å²) in [7, 11) is 0. The minimum Gasteiger partial charge on any atom is -0.449 e. The highest BCUT2D eigenvalue weighted by molar-refractivity contribution is 6.04. The Morgan fingerprint density at radius 1 is 0.404 bits per heavy atom. The summed E-state index contributed by atoms with van der Waals surface area (Å²) in [5, 5.41) is 37.9. The average molecular weight is 1350 g/mol. The van der Waals surface area contributed by atoms with Gasteiger partial charge in [-0.1, -0.05) is 0 Å². The Morgan fingerprint density at radius 3 is 1.04 bits per heavy atom. The molecule has 3 saturated carbocycles. The monoisotopic (exact) mass is 1350 g/mol. The van der Waals surface area contributed by atoms with E-state index in [-0.39, 0.29) is 69.9 Å². The predicted molar refractivity (Wildman–Crippen MR) is 349 cm³/mol. The van der Waals surface area contributed by atoms with E-state index in [0.29, 0.717) is 100 Å². The number of hydrogen-bond donors (Lipinski definition) is 6. The van der Waals surface area contributed by atoms with E-state index in [4.69, 9.17) is 13.3 Å². The molecular formula is C72H60F6N12O9. The Bertz CT molecular complexity index is 4650. The third kappa shape index (κ3) is 14.6. The van der Waals surface area contributed by atoms with Crippen LogP contribution >= 0.6 is 0 Å². The number of carbonyl (C=O) groups is 3. The SMILES string of the molecule is O=C(Nc1ccncc1F)c1ccc(-c2c(-c3ccc(F)cc3)ncn2[C@@H]2CC[C@H](O)C2)o1.O=C(Nc1ccncc1F)c1ccc(-c2c(-c3ccc(F)cc3)ncn2[C@H]2CCC[C@@H]2O)o1.O=C(Nc1ccncc1F)c1ccc(-c2c(-c3ccc(F)cc3)ncn2[C@H]2CC[C@@H](O)C2)o1. The van der Waals surface area contributed by atoms with E-state index < -0.39 is 53.5 Å². The molecule has 15 rings (SSSR count).